The Balaban J connectivity index is 1.35. The summed E-state index contributed by atoms with van der Waals surface area (Å²) in [6.07, 6.45) is 4.67. The summed E-state index contributed by atoms with van der Waals surface area (Å²) in [6.45, 7) is 2.46. The van der Waals surface area contributed by atoms with Gasteiger partial charge in [-0.15, -0.1) is 11.3 Å². The van der Waals surface area contributed by atoms with Gasteiger partial charge in [0, 0.05) is 48.9 Å². The third-order valence-corrected chi connectivity index (χ3v) is 5.85. The molecule has 0 fully saturated rings. The fraction of sp³-hybridized carbons (Fsp3) is 0.190. The molecule has 0 atom stereocenters. The van der Waals surface area contributed by atoms with E-state index < -0.39 is 0 Å². The second-order valence-corrected chi connectivity index (χ2v) is 7.83. The van der Waals surface area contributed by atoms with Gasteiger partial charge in [-0.05, 0) is 23.6 Å². The zero-order valence-corrected chi connectivity index (χ0v) is 15.9. The van der Waals surface area contributed by atoms with E-state index in [1.165, 1.54) is 17.7 Å². The normalized spacial score (nSPS) is 14.2. The number of fused-ring (bicyclic) bond motifs is 1. The fourth-order valence-corrected chi connectivity index (χ4v) is 4.26. The highest BCUT2D eigenvalue weighted by Gasteiger charge is 2.21. The Bertz CT molecular complexity index is 1110. The van der Waals surface area contributed by atoms with Gasteiger partial charge in [-0.2, -0.15) is 5.10 Å². The van der Waals surface area contributed by atoms with Gasteiger partial charge in [-0.1, -0.05) is 18.2 Å². The number of rotatable bonds is 4. The monoisotopic (exact) mass is 391 g/mol. The minimum atomic E-state index is -0.247. The smallest absolute Gasteiger partial charge is 0.169 e. The fourth-order valence-electron chi connectivity index (χ4n) is 3.60. The van der Waals surface area contributed by atoms with E-state index in [-0.39, 0.29) is 5.82 Å². The van der Waals surface area contributed by atoms with E-state index in [9.17, 15) is 4.39 Å². The molecule has 0 unspecified atom stereocenters. The Morgan fingerprint density at radius 3 is 3.00 bits per heavy atom. The predicted molar refractivity (Wildman–Crippen MR) is 107 cm³/mol. The number of aromatic amines is 1. The largest absolute Gasteiger partial charge is 0.294 e. The van der Waals surface area contributed by atoms with E-state index >= 15 is 0 Å². The third-order valence-electron chi connectivity index (χ3n) is 4.98. The van der Waals surface area contributed by atoms with Gasteiger partial charge in [-0.3, -0.25) is 10.00 Å². The first-order valence-electron chi connectivity index (χ1n) is 9.15. The molecule has 4 aromatic rings. The number of hydrogen-bond donors (Lipinski definition) is 1. The lowest BCUT2D eigenvalue weighted by Crippen LogP contribution is -2.31. The van der Waals surface area contributed by atoms with Crippen LogP contribution in [0.3, 0.4) is 0 Å². The standard InChI is InChI=1S/C21H18FN5S/c22-17-4-1-3-14(9-17)20-16(11-24-26-20)13-27-7-6-18-15(12-27)10-23-21(25-18)19-5-2-8-28-19/h1-5,8-11H,6-7,12-13H2,(H,24,26). The summed E-state index contributed by atoms with van der Waals surface area (Å²) in [4.78, 5) is 12.8. The van der Waals surface area contributed by atoms with E-state index in [1.807, 2.05) is 36.0 Å². The lowest BCUT2D eigenvalue weighted by atomic mass is 10.0. The van der Waals surface area contributed by atoms with E-state index in [1.54, 1.807) is 17.4 Å². The van der Waals surface area contributed by atoms with Crippen molar-refractivity contribution in [2.75, 3.05) is 6.54 Å². The molecule has 0 bridgehead atoms. The minimum absolute atomic E-state index is 0.247. The highest BCUT2D eigenvalue weighted by molar-refractivity contribution is 7.13. The molecule has 5 nitrogen and oxygen atoms in total. The molecule has 1 aromatic carbocycles. The lowest BCUT2D eigenvalue weighted by molar-refractivity contribution is 0.243. The van der Waals surface area contributed by atoms with E-state index in [0.29, 0.717) is 0 Å². The van der Waals surface area contributed by atoms with Gasteiger partial charge in [-0.25, -0.2) is 14.4 Å². The molecular formula is C21H18FN5S. The molecule has 1 aliphatic heterocycles. The average Bonchev–Trinajstić information content (AvgIpc) is 3.40. The van der Waals surface area contributed by atoms with E-state index in [2.05, 4.69) is 20.1 Å². The second kappa shape index (κ2) is 7.26. The Morgan fingerprint density at radius 2 is 2.14 bits per heavy atom. The summed E-state index contributed by atoms with van der Waals surface area (Å²) in [5.74, 6) is 0.564. The first-order valence-corrected chi connectivity index (χ1v) is 10.0. The molecule has 0 aliphatic carbocycles. The van der Waals surface area contributed by atoms with Crippen LogP contribution < -0.4 is 0 Å². The quantitative estimate of drug-likeness (QED) is 0.564. The molecule has 3 aromatic heterocycles. The Labute approximate surface area is 165 Å². The maximum atomic E-state index is 13.6. The Hall–Kier alpha value is -2.90. The lowest BCUT2D eigenvalue weighted by Gasteiger charge is -2.28. The summed E-state index contributed by atoms with van der Waals surface area (Å²) in [7, 11) is 0. The maximum absolute atomic E-state index is 13.6. The van der Waals surface area contributed by atoms with Crippen molar-refractivity contribution in [1.82, 2.24) is 25.1 Å². The molecule has 1 N–H and O–H groups in total. The number of aromatic nitrogens is 4. The van der Waals surface area contributed by atoms with Gasteiger partial charge in [0.25, 0.3) is 0 Å². The molecule has 0 saturated heterocycles. The number of nitrogens with zero attached hydrogens (tertiary/aromatic N) is 4. The summed E-state index contributed by atoms with van der Waals surface area (Å²) < 4.78 is 13.6. The molecule has 7 heteroatoms. The minimum Gasteiger partial charge on any atom is -0.294 e. The second-order valence-electron chi connectivity index (χ2n) is 6.88. The third kappa shape index (κ3) is 3.34. The van der Waals surface area contributed by atoms with Crippen LogP contribution >= 0.6 is 11.3 Å². The van der Waals surface area contributed by atoms with Crippen LogP contribution in [0.1, 0.15) is 16.8 Å². The van der Waals surface area contributed by atoms with Crippen LogP contribution in [0.5, 0.6) is 0 Å². The Morgan fingerprint density at radius 1 is 1.18 bits per heavy atom. The van der Waals surface area contributed by atoms with Crippen molar-refractivity contribution in [2.24, 2.45) is 0 Å². The first kappa shape index (κ1) is 17.2. The first-order chi connectivity index (χ1) is 13.8. The molecule has 0 spiro atoms. The number of benzene rings is 1. The number of thiophene rings is 1. The van der Waals surface area contributed by atoms with Gasteiger partial charge in [0.1, 0.15) is 5.82 Å². The highest BCUT2D eigenvalue weighted by atomic mass is 32.1. The van der Waals surface area contributed by atoms with Crippen molar-refractivity contribution < 1.29 is 4.39 Å². The summed E-state index contributed by atoms with van der Waals surface area (Å²) in [5.41, 5.74) is 5.04. The van der Waals surface area contributed by atoms with Crippen LogP contribution in [0.15, 0.2) is 54.2 Å². The van der Waals surface area contributed by atoms with Crippen molar-refractivity contribution in [1.29, 1.82) is 0 Å². The molecular weight excluding hydrogens is 373 g/mol. The number of hydrogen-bond acceptors (Lipinski definition) is 5. The summed E-state index contributed by atoms with van der Waals surface area (Å²) >= 11 is 1.66. The number of H-pyrrole nitrogens is 1. The zero-order valence-electron chi connectivity index (χ0n) is 15.1. The summed E-state index contributed by atoms with van der Waals surface area (Å²) in [5, 5.41) is 9.24. The molecule has 28 heavy (non-hydrogen) atoms. The topological polar surface area (TPSA) is 57.7 Å². The van der Waals surface area contributed by atoms with Crippen LogP contribution in [0.2, 0.25) is 0 Å². The Kier molecular flexibility index (Phi) is 4.46. The van der Waals surface area contributed by atoms with Crippen molar-refractivity contribution in [3.8, 4) is 22.0 Å². The van der Waals surface area contributed by atoms with Crippen molar-refractivity contribution in [2.45, 2.75) is 19.5 Å². The van der Waals surface area contributed by atoms with E-state index in [0.717, 1.165) is 59.3 Å². The van der Waals surface area contributed by atoms with Gasteiger partial charge in [0.2, 0.25) is 0 Å². The predicted octanol–water partition coefficient (Wildman–Crippen LogP) is 4.29. The molecule has 4 heterocycles. The number of nitrogens with one attached hydrogen (secondary N) is 1. The zero-order chi connectivity index (χ0) is 18.9. The van der Waals surface area contributed by atoms with Crippen molar-refractivity contribution >= 4 is 11.3 Å². The van der Waals surface area contributed by atoms with E-state index in [4.69, 9.17) is 4.98 Å². The average molecular weight is 391 g/mol. The van der Waals surface area contributed by atoms with Gasteiger partial charge in [0.05, 0.1) is 22.5 Å². The van der Waals surface area contributed by atoms with Crippen LogP contribution in [0.4, 0.5) is 4.39 Å². The van der Waals surface area contributed by atoms with Crippen molar-refractivity contribution in [3.05, 3.63) is 76.8 Å². The van der Waals surface area contributed by atoms with Crippen LogP contribution in [0.25, 0.3) is 22.0 Å². The van der Waals surface area contributed by atoms with Gasteiger partial charge in [0.15, 0.2) is 5.82 Å². The van der Waals surface area contributed by atoms with Gasteiger partial charge >= 0.3 is 0 Å². The van der Waals surface area contributed by atoms with Crippen LogP contribution in [0, 0.1) is 5.82 Å². The molecule has 0 amide bonds. The molecule has 0 radical (unpaired) electrons. The SMILES string of the molecule is Fc1cccc(-c2[nH]ncc2CN2CCc3nc(-c4cccs4)ncc3C2)c1. The van der Waals surface area contributed by atoms with Crippen LogP contribution in [-0.2, 0) is 19.5 Å². The molecule has 140 valence electrons. The van der Waals surface area contributed by atoms with Crippen molar-refractivity contribution in [3.63, 3.8) is 0 Å². The summed E-state index contributed by atoms with van der Waals surface area (Å²) in [6, 6.07) is 10.7. The maximum Gasteiger partial charge on any atom is 0.169 e. The number of halogens is 1. The molecule has 5 rings (SSSR count). The van der Waals surface area contributed by atoms with Crippen LogP contribution in [-0.4, -0.2) is 31.6 Å². The molecule has 0 saturated carbocycles. The highest BCUT2D eigenvalue weighted by Crippen LogP contribution is 2.27. The molecule has 1 aliphatic rings. The van der Waals surface area contributed by atoms with Gasteiger partial charge < -0.3 is 0 Å².